The molecule has 3 N–H and O–H groups in total. The number of aliphatic carboxylic acids is 1. The Hall–Kier alpha value is -4.13. The van der Waals surface area contributed by atoms with Crippen LogP contribution in [0.1, 0.15) is 36.5 Å². The van der Waals surface area contributed by atoms with Crippen LogP contribution >= 0.6 is 0 Å². The second-order valence-electron chi connectivity index (χ2n) is 8.81. The number of hydrogen-bond donors (Lipinski definition) is 3. The summed E-state index contributed by atoms with van der Waals surface area (Å²) in [5, 5.41) is 14.5. The Morgan fingerprint density at radius 3 is 2.17 bits per heavy atom. The van der Waals surface area contributed by atoms with Crippen molar-refractivity contribution in [3.63, 3.8) is 0 Å². The van der Waals surface area contributed by atoms with Gasteiger partial charge in [0, 0.05) is 17.6 Å². The summed E-state index contributed by atoms with van der Waals surface area (Å²) in [6, 6.07) is 22.7. The Morgan fingerprint density at radius 2 is 1.54 bits per heavy atom. The fourth-order valence-corrected chi connectivity index (χ4v) is 4.34. The number of carbonyl (C=O) groups is 3. The average Bonchev–Trinajstić information content (AvgIpc) is 3.16. The van der Waals surface area contributed by atoms with Gasteiger partial charge in [0.05, 0.1) is 12.3 Å². The van der Waals surface area contributed by atoms with Gasteiger partial charge in [-0.3, -0.25) is 14.9 Å². The molecule has 0 aliphatic heterocycles. The van der Waals surface area contributed by atoms with E-state index in [1.165, 1.54) is 0 Å². The van der Waals surface area contributed by atoms with Gasteiger partial charge in [-0.05, 0) is 53.8 Å². The van der Waals surface area contributed by atoms with E-state index in [9.17, 15) is 14.4 Å². The van der Waals surface area contributed by atoms with Crippen LogP contribution in [0.5, 0.6) is 0 Å². The minimum Gasteiger partial charge on any atom is -0.481 e. The molecule has 180 valence electrons. The Morgan fingerprint density at radius 1 is 0.914 bits per heavy atom. The molecule has 1 aliphatic rings. The van der Waals surface area contributed by atoms with Crippen molar-refractivity contribution in [3.05, 3.63) is 89.5 Å². The van der Waals surface area contributed by atoms with Crippen molar-refractivity contribution >= 4 is 23.7 Å². The smallest absolute Gasteiger partial charge is 0.411 e. The normalized spacial score (nSPS) is 13.8. The molecule has 7 nitrogen and oxygen atoms in total. The van der Waals surface area contributed by atoms with Crippen LogP contribution in [0.4, 0.5) is 10.5 Å². The summed E-state index contributed by atoms with van der Waals surface area (Å²) >= 11 is 0. The monoisotopic (exact) mass is 472 g/mol. The zero-order valence-corrected chi connectivity index (χ0v) is 19.7. The van der Waals surface area contributed by atoms with Crippen molar-refractivity contribution in [2.24, 2.45) is 5.92 Å². The summed E-state index contributed by atoms with van der Waals surface area (Å²) in [6.07, 6.45) is -0.506. The first kappa shape index (κ1) is 24.0. The van der Waals surface area contributed by atoms with E-state index >= 15 is 0 Å². The summed E-state index contributed by atoms with van der Waals surface area (Å²) in [7, 11) is 0. The van der Waals surface area contributed by atoms with Crippen molar-refractivity contribution in [2.45, 2.75) is 32.2 Å². The van der Waals surface area contributed by atoms with E-state index in [2.05, 4.69) is 34.9 Å². The van der Waals surface area contributed by atoms with Crippen LogP contribution < -0.4 is 10.6 Å². The molecule has 2 atom stereocenters. The highest BCUT2D eigenvalue weighted by Gasteiger charge is 2.29. The van der Waals surface area contributed by atoms with Gasteiger partial charge in [-0.1, -0.05) is 60.7 Å². The standard InChI is InChI=1S/C28H28N2O5/c1-17(27(32)33)18(2)29-26(31)15-19-8-7-9-20(14-19)30-28(34)35-16-25-23-12-5-3-10-21(23)22-11-4-6-13-24(22)25/h3-14,17-18,25H,15-16H2,1-2H3,(H,29,31)(H,30,34)(H,32,33). The van der Waals surface area contributed by atoms with Crippen molar-refractivity contribution in [2.75, 3.05) is 11.9 Å². The number of ether oxygens (including phenoxy) is 1. The van der Waals surface area contributed by atoms with Gasteiger partial charge < -0.3 is 15.2 Å². The van der Waals surface area contributed by atoms with E-state index in [0.29, 0.717) is 11.3 Å². The minimum atomic E-state index is -0.966. The van der Waals surface area contributed by atoms with Gasteiger partial charge in [-0.2, -0.15) is 0 Å². The zero-order valence-electron chi connectivity index (χ0n) is 19.7. The highest BCUT2D eigenvalue weighted by Crippen LogP contribution is 2.44. The van der Waals surface area contributed by atoms with E-state index in [4.69, 9.17) is 9.84 Å². The van der Waals surface area contributed by atoms with Crippen LogP contribution in [-0.4, -0.2) is 35.7 Å². The number of hydrogen-bond acceptors (Lipinski definition) is 4. The van der Waals surface area contributed by atoms with Gasteiger partial charge >= 0.3 is 12.1 Å². The van der Waals surface area contributed by atoms with Crippen molar-refractivity contribution in [1.29, 1.82) is 0 Å². The molecule has 2 unspecified atom stereocenters. The lowest BCUT2D eigenvalue weighted by molar-refractivity contribution is -0.142. The van der Waals surface area contributed by atoms with Gasteiger partial charge in [0.25, 0.3) is 0 Å². The molecular weight excluding hydrogens is 444 g/mol. The molecule has 0 spiro atoms. The lowest BCUT2D eigenvalue weighted by Crippen LogP contribution is -2.40. The lowest BCUT2D eigenvalue weighted by Gasteiger charge is -2.18. The number of amides is 2. The van der Waals surface area contributed by atoms with Crippen molar-refractivity contribution in [1.82, 2.24) is 5.32 Å². The predicted molar refractivity (Wildman–Crippen MR) is 133 cm³/mol. The molecule has 1 aliphatic carbocycles. The zero-order chi connectivity index (χ0) is 24.9. The molecule has 7 heteroatoms. The second-order valence-corrected chi connectivity index (χ2v) is 8.81. The number of anilines is 1. The average molecular weight is 473 g/mol. The Labute approximate surface area is 204 Å². The van der Waals surface area contributed by atoms with Crippen LogP contribution in [0.2, 0.25) is 0 Å². The fourth-order valence-electron chi connectivity index (χ4n) is 4.34. The number of fused-ring (bicyclic) bond motifs is 3. The molecule has 0 saturated heterocycles. The van der Waals surface area contributed by atoms with Gasteiger partial charge in [-0.25, -0.2) is 4.79 Å². The molecule has 0 fully saturated rings. The topological polar surface area (TPSA) is 105 Å². The quantitative estimate of drug-likeness (QED) is 0.436. The van der Waals surface area contributed by atoms with E-state index in [0.717, 1.165) is 22.3 Å². The van der Waals surface area contributed by atoms with Crippen LogP contribution in [0.25, 0.3) is 11.1 Å². The Bertz CT molecular complexity index is 1210. The maximum Gasteiger partial charge on any atom is 0.411 e. The lowest BCUT2D eigenvalue weighted by atomic mass is 9.98. The third-order valence-corrected chi connectivity index (χ3v) is 6.41. The molecule has 0 bridgehead atoms. The van der Waals surface area contributed by atoms with Gasteiger partial charge in [0.1, 0.15) is 6.61 Å². The molecule has 0 radical (unpaired) electrons. The summed E-state index contributed by atoms with van der Waals surface area (Å²) in [5.74, 6) is -1.98. The molecule has 4 rings (SSSR count). The van der Waals surface area contributed by atoms with Gasteiger partial charge in [0.15, 0.2) is 0 Å². The third-order valence-electron chi connectivity index (χ3n) is 6.41. The Balaban J connectivity index is 1.34. The van der Waals surface area contributed by atoms with E-state index in [1.807, 2.05) is 24.3 Å². The van der Waals surface area contributed by atoms with E-state index in [-0.39, 0.29) is 24.9 Å². The highest BCUT2D eigenvalue weighted by molar-refractivity contribution is 5.86. The summed E-state index contributed by atoms with van der Waals surface area (Å²) < 4.78 is 5.58. The van der Waals surface area contributed by atoms with E-state index < -0.39 is 24.0 Å². The first-order chi connectivity index (χ1) is 16.8. The first-order valence-electron chi connectivity index (χ1n) is 11.6. The maximum atomic E-state index is 12.5. The van der Waals surface area contributed by atoms with Crippen molar-refractivity contribution < 1.29 is 24.2 Å². The summed E-state index contributed by atoms with van der Waals surface area (Å²) in [6.45, 7) is 3.42. The second kappa shape index (κ2) is 10.4. The number of benzene rings is 3. The van der Waals surface area contributed by atoms with Crippen LogP contribution in [0.3, 0.4) is 0 Å². The number of rotatable bonds is 8. The molecule has 35 heavy (non-hydrogen) atoms. The van der Waals surface area contributed by atoms with Crippen LogP contribution in [0.15, 0.2) is 72.8 Å². The van der Waals surface area contributed by atoms with Crippen molar-refractivity contribution in [3.8, 4) is 11.1 Å². The molecule has 0 aromatic heterocycles. The number of carbonyl (C=O) groups excluding carboxylic acids is 2. The molecule has 3 aromatic carbocycles. The first-order valence-corrected chi connectivity index (χ1v) is 11.6. The maximum absolute atomic E-state index is 12.5. The number of carboxylic acids is 1. The van der Waals surface area contributed by atoms with E-state index in [1.54, 1.807) is 38.1 Å². The summed E-state index contributed by atoms with van der Waals surface area (Å²) in [4.78, 5) is 35.9. The largest absolute Gasteiger partial charge is 0.481 e. The molecule has 3 aromatic rings. The van der Waals surface area contributed by atoms with Crippen LogP contribution in [-0.2, 0) is 20.7 Å². The summed E-state index contributed by atoms with van der Waals surface area (Å²) in [5.41, 5.74) is 5.81. The predicted octanol–water partition coefficient (Wildman–Crippen LogP) is 4.82. The number of nitrogens with one attached hydrogen (secondary N) is 2. The molecular formula is C28H28N2O5. The fraction of sp³-hybridized carbons (Fsp3) is 0.250. The highest BCUT2D eigenvalue weighted by atomic mass is 16.5. The van der Waals surface area contributed by atoms with Gasteiger partial charge in [0.2, 0.25) is 5.91 Å². The molecule has 0 saturated carbocycles. The molecule has 0 heterocycles. The Kier molecular flexibility index (Phi) is 7.15. The van der Waals surface area contributed by atoms with Gasteiger partial charge in [-0.15, -0.1) is 0 Å². The molecule has 2 amide bonds. The number of carboxylic acid groups (broad SMARTS) is 1. The minimum absolute atomic E-state index is 0.0293. The third kappa shape index (κ3) is 5.51. The SMILES string of the molecule is CC(NC(=O)Cc1cccc(NC(=O)OCC2c3ccccc3-c3ccccc32)c1)C(C)C(=O)O. The van der Waals surface area contributed by atoms with Crippen LogP contribution in [0, 0.1) is 5.92 Å².